The maximum atomic E-state index is 11.7. The molecule has 1 rings (SSSR count). The molecule has 0 saturated carbocycles. The van der Waals surface area contributed by atoms with E-state index in [1.54, 1.807) is 18.0 Å². The Morgan fingerprint density at radius 1 is 1.26 bits per heavy atom. The number of aryl methyl sites for hydroxylation is 2. The highest BCUT2D eigenvalue weighted by molar-refractivity contribution is 5.95. The maximum absolute atomic E-state index is 11.7. The second-order valence-electron chi connectivity index (χ2n) is 5.46. The van der Waals surface area contributed by atoms with E-state index in [1.165, 1.54) is 0 Å². The van der Waals surface area contributed by atoms with Crippen LogP contribution >= 0.6 is 0 Å². The van der Waals surface area contributed by atoms with Crippen LogP contribution in [0.1, 0.15) is 11.1 Å². The molecular weight excluding hydrogens is 294 g/mol. The number of carbonyl (C=O) groups excluding carboxylic acids is 2. The SMILES string of the molecule is C=CCNC(=O)NC(=O)CN(C)CCOc1cc(C)cc(C)c1. The molecule has 1 aromatic carbocycles. The van der Waals surface area contributed by atoms with Gasteiger partial charge in [0, 0.05) is 13.1 Å². The first-order valence-electron chi connectivity index (χ1n) is 7.49. The summed E-state index contributed by atoms with van der Waals surface area (Å²) in [6, 6.07) is 5.52. The van der Waals surface area contributed by atoms with E-state index in [9.17, 15) is 9.59 Å². The molecule has 0 bridgehead atoms. The molecule has 3 amide bonds. The molecule has 0 spiro atoms. The monoisotopic (exact) mass is 319 g/mol. The Kier molecular flexibility index (Phi) is 7.83. The molecule has 0 radical (unpaired) electrons. The molecule has 0 aliphatic carbocycles. The van der Waals surface area contributed by atoms with E-state index in [-0.39, 0.29) is 12.5 Å². The molecule has 0 atom stereocenters. The van der Waals surface area contributed by atoms with Crippen LogP contribution in [0.5, 0.6) is 5.75 Å². The van der Waals surface area contributed by atoms with Gasteiger partial charge in [-0.05, 0) is 44.2 Å². The highest BCUT2D eigenvalue weighted by Gasteiger charge is 2.09. The van der Waals surface area contributed by atoms with Gasteiger partial charge in [0.1, 0.15) is 12.4 Å². The van der Waals surface area contributed by atoms with Gasteiger partial charge in [0.15, 0.2) is 0 Å². The number of nitrogens with one attached hydrogen (secondary N) is 2. The summed E-state index contributed by atoms with van der Waals surface area (Å²) in [6.45, 7) is 9.01. The molecule has 0 aliphatic rings. The van der Waals surface area contributed by atoms with E-state index in [2.05, 4.69) is 23.3 Å². The van der Waals surface area contributed by atoms with Gasteiger partial charge >= 0.3 is 6.03 Å². The minimum Gasteiger partial charge on any atom is -0.492 e. The fourth-order valence-corrected chi connectivity index (χ4v) is 2.03. The number of imide groups is 1. The molecule has 0 aliphatic heterocycles. The molecule has 6 heteroatoms. The molecule has 1 aromatic rings. The lowest BCUT2D eigenvalue weighted by molar-refractivity contribution is -0.120. The highest BCUT2D eigenvalue weighted by atomic mass is 16.5. The van der Waals surface area contributed by atoms with Gasteiger partial charge in [-0.1, -0.05) is 12.1 Å². The van der Waals surface area contributed by atoms with Crippen LogP contribution in [0.25, 0.3) is 0 Å². The fraction of sp³-hybridized carbons (Fsp3) is 0.412. The van der Waals surface area contributed by atoms with Gasteiger partial charge < -0.3 is 10.1 Å². The van der Waals surface area contributed by atoms with E-state index >= 15 is 0 Å². The highest BCUT2D eigenvalue weighted by Crippen LogP contribution is 2.15. The van der Waals surface area contributed by atoms with E-state index < -0.39 is 6.03 Å². The zero-order valence-corrected chi connectivity index (χ0v) is 14.0. The Balaban J connectivity index is 2.28. The summed E-state index contributed by atoms with van der Waals surface area (Å²) in [5.41, 5.74) is 2.30. The van der Waals surface area contributed by atoms with Crippen molar-refractivity contribution in [1.82, 2.24) is 15.5 Å². The Morgan fingerprint density at radius 3 is 2.52 bits per heavy atom. The quantitative estimate of drug-likeness (QED) is 0.715. The number of ether oxygens (including phenoxy) is 1. The summed E-state index contributed by atoms with van der Waals surface area (Å²) in [5.74, 6) is 0.463. The van der Waals surface area contributed by atoms with Gasteiger partial charge in [-0.2, -0.15) is 0 Å². The third kappa shape index (κ3) is 8.01. The molecule has 23 heavy (non-hydrogen) atoms. The van der Waals surface area contributed by atoms with Crippen LogP contribution in [0.2, 0.25) is 0 Å². The number of likely N-dealkylation sites (N-methyl/N-ethyl adjacent to an activating group) is 1. The van der Waals surface area contributed by atoms with Crippen molar-refractivity contribution in [2.75, 3.05) is 33.3 Å². The van der Waals surface area contributed by atoms with Crippen molar-refractivity contribution in [2.24, 2.45) is 0 Å². The molecule has 6 nitrogen and oxygen atoms in total. The van der Waals surface area contributed by atoms with Gasteiger partial charge in [-0.3, -0.25) is 15.0 Å². The standard InChI is InChI=1S/C17H25N3O3/c1-5-6-18-17(22)19-16(21)12-20(4)7-8-23-15-10-13(2)9-14(3)11-15/h5,9-11H,1,6-8,12H2,2-4H3,(H2,18,19,21,22). The Hall–Kier alpha value is -2.34. The van der Waals surface area contributed by atoms with Crippen LogP contribution in [0, 0.1) is 13.8 Å². The molecular formula is C17H25N3O3. The third-order valence-corrected chi connectivity index (χ3v) is 3.01. The van der Waals surface area contributed by atoms with E-state index in [1.807, 2.05) is 26.0 Å². The van der Waals surface area contributed by atoms with E-state index in [4.69, 9.17) is 4.74 Å². The van der Waals surface area contributed by atoms with E-state index in [0.717, 1.165) is 16.9 Å². The lowest BCUT2D eigenvalue weighted by atomic mass is 10.1. The van der Waals surface area contributed by atoms with Crippen LogP contribution in [0.3, 0.4) is 0 Å². The molecule has 0 aromatic heterocycles. The Morgan fingerprint density at radius 2 is 1.91 bits per heavy atom. The average molecular weight is 319 g/mol. The van der Waals surface area contributed by atoms with Crippen molar-refractivity contribution in [2.45, 2.75) is 13.8 Å². The predicted octanol–water partition coefficient (Wildman–Crippen LogP) is 1.63. The summed E-state index contributed by atoms with van der Waals surface area (Å²) in [7, 11) is 1.80. The van der Waals surface area contributed by atoms with Gasteiger partial charge in [0.25, 0.3) is 0 Å². The normalized spacial score (nSPS) is 10.3. The lowest BCUT2D eigenvalue weighted by Crippen LogP contribution is -2.44. The number of urea groups is 1. The summed E-state index contributed by atoms with van der Waals surface area (Å²) < 4.78 is 5.69. The topological polar surface area (TPSA) is 70.7 Å². The second kappa shape index (κ2) is 9.63. The van der Waals surface area contributed by atoms with Crippen molar-refractivity contribution in [3.8, 4) is 5.75 Å². The zero-order chi connectivity index (χ0) is 17.2. The summed E-state index contributed by atoms with van der Waals surface area (Å²) in [6.07, 6.45) is 1.54. The predicted molar refractivity (Wildman–Crippen MR) is 90.6 cm³/mol. The first-order valence-corrected chi connectivity index (χ1v) is 7.49. The number of carbonyl (C=O) groups is 2. The van der Waals surface area contributed by atoms with E-state index in [0.29, 0.717) is 19.7 Å². The largest absolute Gasteiger partial charge is 0.492 e. The van der Waals surface area contributed by atoms with Gasteiger partial charge in [0.05, 0.1) is 6.54 Å². The number of rotatable bonds is 8. The Labute approximate surface area is 137 Å². The molecule has 2 N–H and O–H groups in total. The zero-order valence-electron chi connectivity index (χ0n) is 14.0. The number of hydrogen-bond donors (Lipinski definition) is 2. The average Bonchev–Trinajstić information content (AvgIpc) is 2.43. The van der Waals surface area contributed by atoms with Crippen molar-refractivity contribution in [1.29, 1.82) is 0 Å². The van der Waals surface area contributed by atoms with Crippen LogP contribution in [-0.2, 0) is 4.79 Å². The summed E-state index contributed by atoms with van der Waals surface area (Å²) in [5, 5.41) is 4.73. The summed E-state index contributed by atoms with van der Waals surface area (Å²) >= 11 is 0. The van der Waals surface area contributed by atoms with Crippen LogP contribution < -0.4 is 15.4 Å². The second-order valence-corrected chi connectivity index (χ2v) is 5.46. The van der Waals surface area contributed by atoms with Gasteiger partial charge in [-0.15, -0.1) is 6.58 Å². The summed E-state index contributed by atoms with van der Waals surface area (Å²) in [4.78, 5) is 24.8. The minimum atomic E-state index is -0.519. The van der Waals surface area contributed by atoms with Crippen molar-refractivity contribution in [3.05, 3.63) is 42.0 Å². The lowest BCUT2D eigenvalue weighted by Gasteiger charge is -2.16. The first kappa shape index (κ1) is 18.7. The first-order chi connectivity index (χ1) is 10.9. The number of amides is 3. The fourth-order valence-electron chi connectivity index (χ4n) is 2.03. The smallest absolute Gasteiger partial charge is 0.321 e. The maximum Gasteiger partial charge on any atom is 0.321 e. The van der Waals surface area contributed by atoms with Crippen LogP contribution in [0.15, 0.2) is 30.9 Å². The van der Waals surface area contributed by atoms with Crippen molar-refractivity contribution in [3.63, 3.8) is 0 Å². The third-order valence-electron chi connectivity index (χ3n) is 3.01. The van der Waals surface area contributed by atoms with Gasteiger partial charge in [0.2, 0.25) is 5.91 Å². The Bertz CT molecular complexity index is 538. The van der Waals surface area contributed by atoms with Crippen LogP contribution in [0.4, 0.5) is 4.79 Å². The molecule has 0 heterocycles. The molecule has 126 valence electrons. The van der Waals surface area contributed by atoms with Crippen molar-refractivity contribution >= 4 is 11.9 Å². The molecule has 0 fully saturated rings. The van der Waals surface area contributed by atoms with Gasteiger partial charge in [-0.25, -0.2) is 4.79 Å². The number of hydrogen-bond acceptors (Lipinski definition) is 4. The molecule has 0 unspecified atom stereocenters. The van der Waals surface area contributed by atoms with Crippen molar-refractivity contribution < 1.29 is 14.3 Å². The number of benzene rings is 1. The number of nitrogens with zero attached hydrogens (tertiary/aromatic N) is 1. The van der Waals surface area contributed by atoms with Crippen LogP contribution in [-0.4, -0.2) is 50.1 Å². The minimum absolute atomic E-state index is 0.123. The molecule has 0 saturated heterocycles.